The summed E-state index contributed by atoms with van der Waals surface area (Å²) >= 11 is 0. The van der Waals surface area contributed by atoms with Crippen molar-refractivity contribution in [2.24, 2.45) is 5.92 Å². The molecule has 0 saturated carbocycles. The monoisotopic (exact) mass is 223 g/mol. The number of nitrogens with one attached hydrogen (secondary N) is 1. The van der Waals surface area contributed by atoms with Crippen LogP contribution < -0.4 is 16.0 Å². The highest BCUT2D eigenvalue weighted by molar-refractivity contribution is 5.82. The second-order valence-corrected chi connectivity index (χ2v) is 4.18. The van der Waals surface area contributed by atoms with Crippen molar-refractivity contribution in [3.05, 3.63) is 0 Å². The average Bonchev–Trinajstić information content (AvgIpc) is 2.86. The maximum Gasteiger partial charge on any atom is 0.319 e. The van der Waals surface area contributed by atoms with Crippen LogP contribution >= 0.6 is 0 Å². The van der Waals surface area contributed by atoms with Crippen LogP contribution in [0.5, 0.6) is 0 Å². The van der Waals surface area contributed by atoms with Crippen molar-refractivity contribution >= 4 is 17.9 Å². The smallest absolute Gasteiger partial charge is 0.319 e. The van der Waals surface area contributed by atoms with Gasteiger partial charge in [-0.25, -0.2) is 0 Å². The minimum atomic E-state index is 0.0434. The highest BCUT2D eigenvalue weighted by Crippen LogP contribution is 2.30. The van der Waals surface area contributed by atoms with Gasteiger partial charge < -0.3 is 20.4 Å². The van der Waals surface area contributed by atoms with Gasteiger partial charge in [0.2, 0.25) is 5.91 Å². The Morgan fingerprint density at radius 2 is 2.38 bits per heavy atom. The van der Waals surface area contributed by atoms with Crippen molar-refractivity contribution in [1.29, 1.82) is 0 Å². The standard InChI is InChI=1S/C9H13N5O2/c10-8-12-13-9(16-8)14-3-1-2-5-6(14)4-11-7(5)15/h5-6H,1-4H2,(H2,10,12)(H,11,15). The topological polar surface area (TPSA) is 97.3 Å². The molecule has 7 heteroatoms. The number of carbonyl (C=O) groups is 1. The van der Waals surface area contributed by atoms with Crippen LogP contribution in [0.25, 0.3) is 0 Å². The molecule has 3 rings (SSSR count). The van der Waals surface area contributed by atoms with Gasteiger partial charge in [0, 0.05) is 13.1 Å². The maximum absolute atomic E-state index is 11.6. The van der Waals surface area contributed by atoms with Crippen molar-refractivity contribution in [1.82, 2.24) is 15.5 Å². The number of fused-ring (bicyclic) bond motifs is 1. The number of hydrogen-bond donors (Lipinski definition) is 2. The molecule has 16 heavy (non-hydrogen) atoms. The summed E-state index contributed by atoms with van der Waals surface area (Å²) in [5, 5.41) is 10.4. The zero-order chi connectivity index (χ0) is 11.1. The third-order valence-electron chi connectivity index (χ3n) is 3.28. The van der Waals surface area contributed by atoms with Crippen molar-refractivity contribution in [3.8, 4) is 0 Å². The predicted molar refractivity (Wildman–Crippen MR) is 55.6 cm³/mol. The van der Waals surface area contributed by atoms with E-state index in [4.69, 9.17) is 10.2 Å². The summed E-state index contributed by atoms with van der Waals surface area (Å²) < 4.78 is 5.21. The summed E-state index contributed by atoms with van der Waals surface area (Å²) in [7, 11) is 0. The Morgan fingerprint density at radius 3 is 3.12 bits per heavy atom. The number of nitrogens with zero attached hydrogens (tertiary/aromatic N) is 3. The molecule has 0 aromatic carbocycles. The van der Waals surface area contributed by atoms with E-state index in [0.29, 0.717) is 12.6 Å². The van der Waals surface area contributed by atoms with Gasteiger partial charge in [-0.3, -0.25) is 4.79 Å². The number of amides is 1. The van der Waals surface area contributed by atoms with Crippen LogP contribution in [-0.2, 0) is 4.79 Å². The van der Waals surface area contributed by atoms with Crippen LogP contribution in [0.4, 0.5) is 12.0 Å². The number of aromatic nitrogens is 2. The minimum Gasteiger partial charge on any atom is -0.390 e. The van der Waals surface area contributed by atoms with E-state index >= 15 is 0 Å². The van der Waals surface area contributed by atoms with Gasteiger partial charge in [-0.05, 0) is 12.8 Å². The molecule has 2 saturated heterocycles. The molecule has 0 spiro atoms. The van der Waals surface area contributed by atoms with E-state index in [-0.39, 0.29) is 23.9 Å². The van der Waals surface area contributed by atoms with Crippen LogP contribution in [0, 0.1) is 5.92 Å². The van der Waals surface area contributed by atoms with E-state index in [2.05, 4.69) is 15.5 Å². The summed E-state index contributed by atoms with van der Waals surface area (Å²) in [6, 6.07) is 0.610. The Morgan fingerprint density at radius 1 is 1.50 bits per heavy atom. The zero-order valence-electron chi connectivity index (χ0n) is 8.72. The zero-order valence-corrected chi connectivity index (χ0v) is 8.72. The lowest BCUT2D eigenvalue weighted by Crippen LogP contribution is -2.45. The van der Waals surface area contributed by atoms with Crippen LogP contribution in [-0.4, -0.2) is 35.2 Å². The van der Waals surface area contributed by atoms with Gasteiger partial charge in [0.15, 0.2) is 0 Å². The number of piperidine rings is 1. The van der Waals surface area contributed by atoms with E-state index in [1.807, 2.05) is 4.90 Å². The van der Waals surface area contributed by atoms with Crippen LogP contribution in [0.2, 0.25) is 0 Å². The molecular formula is C9H13N5O2. The second-order valence-electron chi connectivity index (χ2n) is 4.18. The molecule has 0 bridgehead atoms. The summed E-state index contributed by atoms with van der Waals surface area (Å²) in [6.07, 6.45) is 1.88. The van der Waals surface area contributed by atoms with Gasteiger partial charge in [-0.2, -0.15) is 0 Å². The van der Waals surface area contributed by atoms with Crippen LogP contribution in [0.15, 0.2) is 4.42 Å². The summed E-state index contributed by atoms with van der Waals surface area (Å²) in [4.78, 5) is 13.5. The van der Waals surface area contributed by atoms with Gasteiger partial charge in [0.25, 0.3) is 0 Å². The molecule has 0 radical (unpaired) electrons. The average molecular weight is 223 g/mol. The molecule has 3 heterocycles. The van der Waals surface area contributed by atoms with Gasteiger partial charge >= 0.3 is 12.0 Å². The lowest BCUT2D eigenvalue weighted by atomic mass is 9.92. The first-order valence-electron chi connectivity index (χ1n) is 5.39. The Labute approximate surface area is 92.0 Å². The van der Waals surface area contributed by atoms with Crippen molar-refractivity contribution < 1.29 is 9.21 Å². The molecular weight excluding hydrogens is 210 g/mol. The molecule has 7 nitrogen and oxygen atoms in total. The normalized spacial score (nSPS) is 29.0. The fourth-order valence-corrected chi connectivity index (χ4v) is 2.53. The molecule has 2 unspecified atom stereocenters. The van der Waals surface area contributed by atoms with Crippen LogP contribution in [0.3, 0.4) is 0 Å². The number of hydrogen-bond acceptors (Lipinski definition) is 6. The van der Waals surface area contributed by atoms with E-state index in [0.717, 1.165) is 19.4 Å². The Bertz CT molecular complexity index is 418. The number of anilines is 2. The predicted octanol–water partition coefficient (Wildman–Crippen LogP) is -0.633. The molecule has 1 amide bonds. The lowest BCUT2D eigenvalue weighted by Gasteiger charge is -2.34. The highest BCUT2D eigenvalue weighted by Gasteiger charge is 2.42. The van der Waals surface area contributed by atoms with Crippen molar-refractivity contribution in [2.75, 3.05) is 23.7 Å². The fraction of sp³-hybridized carbons (Fsp3) is 0.667. The molecule has 0 aliphatic carbocycles. The quantitative estimate of drug-likeness (QED) is 0.657. The summed E-state index contributed by atoms with van der Waals surface area (Å²) in [6.45, 7) is 1.48. The number of nitrogen functional groups attached to an aromatic ring is 1. The van der Waals surface area contributed by atoms with Crippen LogP contribution in [0.1, 0.15) is 12.8 Å². The SMILES string of the molecule is Nc1nnc(N2CCCC3C(=O)NCC32)o1. The molecule has 3 N–H and O–H groups in total. The largest absolute Gasteiger partial charge is 0.390 e. The Kier molecular flexibility index (Phi) is 1.98. The Hall–Kier alpha value is -1.79. The number of carbonyl (C=O) groups excluding carboxylic acids is 1. The van der Waals surface area contributed by atoms with Gasteiger partial charge in [-0.15, -0.1) is 0 Å². The third-order valence-corrected chi connectivity index (χ3v) is 3.28. The lowest BCUT2D eigenvalue weighted by molar-refractivity contribution is -0.123. The minimum absolute atomic E-state index is 0.0434. The number of rotatable bonds is 1. The summed E-state index contributed by atoms with van der Waals surface area (Å²) in [5.74, 6) is 0.170. The molecule has 2 atom stereocenters. The van der Waals surface area contributed by atoms with E-state index in [1.54, 1.807) is 0 Å². The van der Waals surface area contributed by atoms with E-state index < -0.39 is 0 Å². The molecule has 86 valence electrons. The highest BCUT2D eigenvalue weighted by atomic mass is 16.4. The maximum atomic E-state index is 11.6. The fourth-order valence-electron chi connectivity index (χ4n) is 2.53. The molecule has 2 aliphatic rings. The summed E-state index contributed by atoms with van der Waals surface area (Å²) in [5.41, 5.74) is 5.40. The van der Waals surface area contributed by atoms with Crippen molar-refractivity contribution in [3.63, 3.8) is 0 Å². The Balaban J connectivity index is 1.87. The first kappa shape index (κ1) is 9.44. The molecule has 1 aromatic rings. The van der Waals surface area contributed by atoms with E-state index in [1.165, 1.54) is 0 Å². The molecule has 2 fully saturated rings. The second kappa shape index (κ2) is 3.36. The van der Waals surface area contributed by atoms with Gasteiger partial charge in [-0.1, -0.05) is 10.2 Å². The molecule has 2 aliphatic heterocycles. The van der Waals surface area contributed by atoms with Crippen molar-refractivity contribution in [2.45, 2.75) is 18.9 Å². The first-order chi connectivity index (χ1) is 7.75. The molecule has 1 aromatic heterocycles. The van der Waals surface area contributed by atoms with Gasteiger partial charge in [0.1, 0.15) is 0 Å². The first-order valence-corrected chi connectivity index (χ1v) is 5.39. The number of nitrogens with two attached hydrogens (primary N) is 1. The third kappa shape index (κ3) is 1.31. The van der Waals surface area contributed by atoms with E-state index in [9.17, 15) is 4.79 Å². The van der Waals surface area contributed by atoms with Gasteiger partial charge in [0.05, 0.1) is 12.0 Å².